The molecule has 0 amide bonds. The Labute approximate surface area is 99.5 Å². The van der Waals surface area contributed by atoms with E-state index in [0.29, 0.717) is 6.61 Å². The SMILES string of the molecule is OCc1ncn2c1CO[C@@H](c1ccccc1)C2. The summed E-state index contributed by atoms with van der Waals surface area (Å²) in [5.74, 6) is 0. The van der Waals surface area contributed by atoms with E-state index in [4.69, 9.17) is 9.84 Å². The molecule has 0 saturated carbocycles. The number of rotatable bonds is 2. The van der Waals surface area contributed by atoms with Crippen molar-refractivity contribution in [1.82, 2.24) is 9.55 Å². The molecule has 0 spiro atoms. The molecule has 4 heteroatoms. The van der Waals surface area contributed by atoms with Crippen LogP contribution in [-0.4, -0.2) is 14.7 Å². The van der Waals surface area contributed by atoms with E-state index in [9.17, 15) is 0 Å². The first-order valence-corrected chi connectivity index (χ1v) is 5.69. The van der Waals surface area contributed by atoms with Crippen LogP contribution in [0, 0.1) is 0 Å². The van der Waals surface area contributed by atoms with Crippen molar-refractivity contribution in [3.8, 4) is 0 Å². The smallest absolute Gasteiger partial charge is 0.101 e. The number of ether oxygens (including phenoxy) is 1. The molecule has 1 atom stereocenters. The third kappa shape index (κ3) is 1.85. The van der Waals surface area contributed by atoms with Crippen LogP contribution in [-0.2, 0) is 24.5 Å². The van der Waals surface area contributed by atoms with Crippen molar-refractivity contribution >= 4 is 0 Å². The van der Waals surface area contributed by atoms with E-state index in [1.165, 1.54) is 5.56 Å². The van der Waals surface area contributed by atoms with E-state index in [2.05, 4.69) is 21.7 Å². The summed E-state index contributed by atoms with van der Waals surface area (Å²) in [6, 6.07) is 10.2. The third-order valence-corrected chi connectivity index (χ3v) is 3.14. The number of benzene rings is 1. The molecular formula is C13H14N2O2. The zero-order valence-corrected chi connectivity index (χ0v) is 9.41. The highest BCUT2D eigenvalue weighted by Crippen LogP contribution is 2.27. The van der Waals surface area contributed by atoms with E-state index >= 15 is 0 Å². The highest BCUT2D eigenvalue weighted by atomic mass is 16.5. The summed E-state index contributed by atoms with van der Waals surface area (Å²) >= 11 is 0. The lowest BCUT2D eigenvalue weighted by Gasteiger charge is -2.25. The Bertz CT molecular complexity index is 507. The van der Waals surface area contributed by atoms with Gasteiger partial charge in [-0.15, -0.1) is 0 Å². The van der Waals surface area contributed by atoms with Crippen molar-refractivity contribution in [2.75, 3.05) is 0 Å². The highest BCUT2D eigenvalue weighted by molar-refractivity contribution is 5.20. The van der Waals surface area contributed by atoms with Crippen molar-refractivity contribution in [3.63, 3.8) is 0 Å². The molecule has 2 aromatic rings. The van der Waals surface area contributed by atoms with Gasteiger partial charge in [0.15, 0.2) is 0 Å². The van der Waals surface area contributed by atoms with Gasteiger partial charge in [0.05, 0.1) is 37.5 Å². The molecule has 1 aliphatic heterocycles. The first-order valence-electron chi connectivity index (χ1n) is 5.69. The van der Waals surface area contributed by atoms with Crippen molar-refractivity contribution in [1.29, 1.82) is 0 Å². The summed E-state index contributed by atoms with van der Waals surface area (Å²) < 4.78 is 7.88. The summed E-state index contributed by atoms with van der Waals surface area (Å²) in [5.41, 5.74) is 2.88. The topological polar surface area (TPSA) is 47.3 Å². The normalized spacial score (nSPS) is 19.0. The van der Waals surface area contributed by atoms with E-state index in [0.717, 1.165) is 17.9 Å². The molecule has 0 bridgehead atoms. The maximum Gasteiger partial charge on any atom is 0.101 e. The second kappa shape index (κ2) is 4.31. The Morgan fingerprint density at radius 1 is 1.35 bits per heavy atom. The van der Waals surface area contributed by atoms with Crippen LogP contribution in [0.3, 0.4) is 0 Å². The number of fused-ring (bicyclic) bond motifs is 1. The van der Waals surface area contributed by atoms with E-state index in [1.807, 2.05) is 18.2 Å². The second-order valence-electron chi connectivity index (χ2n) is 4.16. The summed E-state index contributed by atoms with van der Waals surface area (Å²) in [4.78, 5) is 4.18. The zero-order valence-electron chi connectivity index (χ0n) is 9.41. The molecule has 2 heterocycles. The van der Waals surface area contributed by atoms with E-state index in [-0.39, 0.29) is 12.7 Å². The number of aliphatic hydroxyl groups excluding tert-OH is 1. The molecule has 1 aliphatic rings. The fraction of sp³-hybridized carbons (Fsp3) is 0.308. The lowest BCUT2D eigenvalue weighted by Crippen LogP contribution is -2.21. The van der Waals surface area contributed by atoms with Crippen molar-refractivity contribution < 1.29 is 9.84 Å². The van der Waals surface area contributed by atoms with Gasteiger partial charge in [-0.3, -0.25) is 0 Å². The zero-order chi connectivity index (χ0) is 11.7. The Morgan fingerprint density at radius 3 is 2.94 bits per heavy atom. The lowest BCUT2D eigenvalue weighted by molar-refractivity contribution is 0.00198. The standard InChI is InChI=1S/C13H14N2O2/c16-7-11-12-8-17-13(6-15(12)9-14-11)10-4-2-1-3-5-10/h1-5,9,13,16H,6-8H2/t13-/m1/s1. The maximum atomic E-state index is 9.13. The van der Waals surface area contributed by atoms with Crippen LogP contribution in [0.5, 0.6) is 0 Å². The van der Waals surface area contributed by atoms with Crippen molar-refractivity contribution in [2.24, 2.45) is 0 Å². The molecule has 0 saturated heterocycles. The summed E-state index contributed by atoms with van der Waals surface area (Å²) in [6.07, 6.45) is 1.85. The van der Waals surface area contributed by atoms with Gasteiger partial charge >= 0.3 is 0 Å². The van der Waals surface area contributed by atoms with Crippen molar-refractivity contribution in [3.05, 3.63) is 53.6 Å². The Balaban J connectivity index is 1.86. The average molecular weight is 230 g/mol. The molecule has 1 aromatic carbocycles. The van der Waals surface area contributed by atoms with Crippen LogP contribution < -0.4 is 0 Å². The third-order valence-electron chi connectivity index (χ3n) is 3.14. The van der Waals surface area contributed by atoms with Gasteiger partial charge in [0.1, 0.15) is 6.10 Å². The van der Waals surface area contributed by atoms with E-state index < -0.39 is 0 Å². The minimum absolute atomic E-state index is 0.0261. The quantitative estimate of drug-likeness (QED) is 0.853. The first kappa shape index (κ1) is 10.5. The number of nitrogens with zero attached hydrogens (tertiary/aromatic N) is 2. The predicted molar refractivity (Wildman–Crippen MR) is 62.1 cm³/mol. The molecule has 1 aromatic heterocycles. The number of aromatic nitrogens is 2. The molecule has 0 radical (unpaired) electrons. The molecule has 3 rings (SSSR count). The summed E-state index contributed by atoms with van der Waals surface area (Å²) in [5, 5.41) is 9.13. The van der Waals surface area contributed by atoms with Gasteiger partial charge in [0, 0.05) is 0 Å². The highest BCUT2D eigenvalue weighted by Gasteiger charge is 2.22. The van der Waals surface area contributed by atoms with Crippen molar-refractivity contribution in [2.45, 2.75) is 25.9 Å². The number of aliphatic hydroxyl groups is 1. The largest absolute Gasteiger partial charge is 0.390 e. The van der Waals surface area contributed by atoms with Crippen LogP contribution in [0.15, 0.2) is 36.7 Å². The fourth-order valence-electron chi connectivity index (χ4n) is 2.19. The molecule has 1 N–H and O–H groups in total. The average Bonchev–Trinajstić information content (AvgIpc) is 2.81. The Morgan fingerprint density at radius 2 is 2.18 bits per heavy atom. The molecule has 0 fully saturated rings. The number of hydrogen-bond donors (Lipinski definition) is 1. The molecular weight excluding hydrogens is 216 g/mol. The van der Waals surface area contributed by atoms with Gasteiger partial charge in [-0.05, 0) is 5.56 Å². The molecule has 0 aliphatic carbocycles. The Hall–Kier alpha value is -1.65. The van der Waals surface area contributed by atoms with Gasteiger partial charge in [-0.2, -0.15) is 0 Å². The van der Waals surface area contributed by atoms with Gasteiger partial charge in [-0.25, -0.2) is 4.98 Å². The van der Waals surface area contributed by atoms with Crippen LogP contribution in [0.25, 0.3) is 0 Å². The number of imidazole rings is 1. The molecule has 0 unspecified atom stereocenters. The van der Waals surface area contributed by atoms with Gasteiger partial charge in [0.25, 0.3) is 0 Å². The van der Waals surface area contributed by atoms with Gasteiger partial charge in [-0.1, -0.05) is 30.3 Å². The Kier molecular flexibility index (Phi) is 2.66. The lowest BCUT2D eigenvalue weighted by atomic mass is 10.1. The van der Waals surface area contributed by atoms with Crippen LogP contribution in [0.4, 0.5) is 0 Å². The van der Waals surface area contributed by atoms with Crippen LogP contribution in [0.1, 0.15) is 23.1 Å². The monoisotopic (exact) mass is 230 g/mol. The first-order chi connectivity index (χ1) is 8.38. The van der Waals surface area contributed by atoms with E-state index in [1.54, 1.807) is 6.33 Å². The minimum Gasteiger partial charge on any atom is -0.390 e. The minimum atomic E-state index is -0.0261. The van der Waals surface area contributed by atoms with Crippen LogP contribution in [0.2, 0.25) is 0 Å². The van der Waals surface area contributed by atoms with Gasteiger partial charge < -0.3 is 14.4 Å². The molecule has 4 nitrogen and oxygen atoms in total. The fourth-order valence-corrected chi connectivity index (χ4v) is 2.19. The number of hydrogen-bond acceptors (Lipinski definition) is 3. The maximum absolute atomic E-state index is 9.13. The summed E-state index contributed by atoms with van der Waals surface area (Å²) in [6.45, 7) is 1.24. The second-order valence-corrected chi connectivity index (χ2v) is 4.16. The molecule has 88 valence electrons. The summed E-state index contributed by atoms with van der Waals surface area (Å²) in [7, 11) is 0. The van der Waals surface area contributed by atoms with Gasteiger partial charge in [0.2, 0.25) is 0 Å². The predicted octanol–water partition coefficient (Wildman–Crippen LogP) is 1.65. The molecule has 17 heavy (non-hydrogen) atoms. The van der Waals surface area contributed by atoms with Crippen LogP contribution >= 0.6 is 0 Å².